The quantitative estimate of drug-likeness (QED) is 0.0198. The van der Waals surface area contributed by atoms with E-state index >= 15 is 0 Å². The van der Waals surface area contributed by atoms with Gasteiger partial charge in [-0.15, -0.1) is 0 Å². The smallest absolute Gasteiger partial charge is 0.306 e. The van der Waals surface area contributed by atoms with Crippen LogP contribution >= 0.6 is 7.82 Å². The molecule has 0 aliphatic heterocycles. The average molecular weight is 842 g/mol. The van der Waals surface area contributed by atoms with E-state index in [0.717, 1.165) is 38.5 Å². The number of carbonyl (C=O) groups is 1. The molecule has 0 heterocycles. The molecular weight excluding hydrogens is 746 g/mol. The molecule has 58 heavy (non-hydrogen) atoms. The van der Waals surface area contributed by atoms with Crippen LogP contribution in [0.15, 0.2) is 24.3 Å². The fraction of sp³-hybridized carbons (Fsp3) is 0.898. The van der Waals surface area contributed by atoms with Gasteiger partial charge in [0, 0.05) is 13.0 Å². The molecule has 0 aliphatic carbocycles. The summed E-state index contributed by atoms with van der Waals surface area (Å²) in [6, 6.07) is 0. The predicted octanol–water partition coefficient (Wildman–Crippen LogP) is 14.1. The van der Waals surface area contributed by atoms with Crippen LogP contribution < -0.4 is 4.89 Å². The summed E-state index contributed by atoms with van der Waals surface area (Å²) in [6.07, 6.45) is 49.2. The Morgan fingerprint density at radius 3 is 1.40 bits per heavy atom. The number of allylic oxidation sites excluding steroid dienone is 4. The van der Waals surface area contributed by atoms with Crippen LogP contribution in [0.25, 0.3) is 0 Å². The molecule has 2 unspecified atom stereocenters. The second-order valence-corrected chi connectivity index (χ2v) is 19.2. The Labute approximate surface area is 360 Å². The molecular formula is C49H96NO7P. The SMILES string of the molecule is CCCCCCC/C=C\C/C=C\CCCCCCCCCCCCCCCCOCC(COP(=O)([O-])OCC[N+](C)(C)C)OC(=O)CCCCCCCCCCCC. The number of ether oxygens (including phenoxy) is 2. The highest BCUT2D eigenvalue weighted by Gasteiger charge is 2.20. The lowest BCUT2D eigenvalue weighted by Gasteiger charge is -2.28. The molecule has 0 aromatic heterocycles. The standard InChI is InChI=1S/C49H96NO7P/c1-6-8-10-12-14-16-18-19-20-21-22-23-24-25-26-27-28-29-30-31-32-33-35-37-39-41-44-54-46-48(47-56-58(52,53)55-45-43-50(3,4)5)57-49(51)42-40-38-36-34-17-15-13-11-9-7-2/h18-19,21-22,48H,6-17,20,23-47H2,1-5H3/b19-18-,22-21-. The highest BCUT2D eigenvalue weighted by atomic mass is 31.2. The number of esters is 1. The van der Waals surface area contributed by atoms with E-state index in [0.29, 0.717) is 24.1 Å². The minimum atomic E-state index is -4.52. The molecule has 2 atom stereocenters. The highest BCUT2D eigenvalue weighted by molar-refractivity contribution is 7.45. The number of phosphoric acid groups is 1. The number of rotatable bonds is 46. The molecule has 0 aromatic rings. The van der Waals surface area contributed by atoms with Crippen LogP contribution in [0.3, 0.4) is 0 Å². The molecule has 0 radical (unpaired) electrons. The van der Waals surface area contributed by atoms with Gasteiger partial charge in [0.05, 0.1) is 34.4 Å². The van der Waals surface area contributed by atoms with Crippen LogP contribution in [0.1, 0.15) is 226 Å². The monoisotopic (exact) mass is 842 g/mol. The van der Waals surface area contributed by atoms with Gasteiger partial charge in [0.1, 0.15) is 19.3 Å². The van der Waals surface area contributed by atoms with Crippen LogP contribution in [0.5, 0.6) is 0 Å². The van der Waals surface area contributed by atoms with E-state index in [1.54, 1.807) is 0 Å². The van der Waals surface area contributed by atoms with Gasteiger partial charge in [-0.25, -0.2) is 0 Å². The maximum atomic E-state index is 12.6. The van der Waals surface area contributed by atoms with E-state index in [1.165, 1.54) is 167 Å². The molecule has 0 saturated carbocycles. The lowest BCUT2D eigenvalue weighted by Crippen LogP contribution is -2.37. The van der Waals surface area contributed by atoms with Crippen LogP contribution in [-0.2, 0) is 27.9 Å². The van der Waals surface area contributed by atoms with E-state index in [1.807, 2.05) is 21.1 Å². The molecule has 0 amide bonds. The Balaban J connectivity index is 3.99. The zero-order valence-corrected chi connectivity index (χ0v) is 39.9. The third kappa shape index (κ3) is 46.1. The van der Waals surface area contributed by atoms with Crippen molar-refractivity contribution in [2.24, 2.45) is 0 Å². The van der Waals surface area contributed by atoms with Crippen molar-refractivity contribution in [3.63, 3.8) is 0 Å². The molecule has 8 nitrogen and oxygen atoms in total. The second kappa shape index (κ2) is 42.7. The van der Waals surface area contributed by atoms with Gasteiger partial charge in [0.15, 0.2) is 0 Å². The molecule has 0 bridgehead atoms. The summed E-state index contributed by atoms with van der Waals surface area (Å²) in [7, 11) is 1.37. The topological polar surface area (TPSA) is 94.1 Å². The Kier molecular flexibility index (Phi) is 41.9. The highest BCUT2D eigenvalue weighted by Crippen LogP contribution is 2.38. The molecule has 0 N–H and O–H groups in total. The van der Waals surface area contributed by atoms with Crippen molar-refractivity contribution in [2.45, 2.75) is 232 Å². The summed E-state index contributed by atoms with van der Waals surface area (Å²) in [5.74, 6) is -0.333. The van der Waals surface area contributed by atoms with Crippen molar-refractivity contribution in [1.29, 1.82) is 0 Å². The number of quaternary nitrogens is 1. The predicted molar refractivity (Wildman–Crippen MR) is 245 cm³/mol. The van der Waals surface area contributed by atoms with E-state index in [-0.39, 0.29) is 25.8 Å². The number of hydrogen-bond acceptors (Lipinski definition) is 7. The first-order chi connectivity index (χ1) is 28.1. The minimum Gasteiger partial charge on any atom is -0.756 e. The fourth-order valence-electron chi connectivity index (χ4n) is 6.93. The maximum absolute atomic E-state index is 12.6. The van der Waals surface area contributed by atoms with Gasteiger partial charge in [0.25, 0.3) is 7.82 Å². The van der Waals surface area contributed by atoms with Gasteiger partial charge in [-0.05, 0) is 44.9 Å². The number of unbranched alkanes of at least 4 members (excludes halogenated alkanes) is 28. The number of nitrogens with zero attached hydrogens (tertiary/aromatic N) is 1. The summed E-state index contributed by atoms with van der Waals surface area (Å²) in [4.78, 5) is 25.0. The summed E-state index contributed by atoms with van der Waals surface area (Å²) < 4.78 is 34.6. The van der Waals surface area contributed by atoms with Crippen molar-refractivity contribution >= 4 is 13.8 Å². The third-order valence-corrected chi connectivity index (χ3v) is 11.7. The Hall–Kier alpha value is -1.02. The summed E-state index contributed by atoms with van der Waals surface area (Å²) in [5.41, 5.74) is 0. The summed E-state index contributed by atoms with van der Waals surface area (Å²) in [5, 5.41) is 0. The third-order valence-electron chi connectivity index (χ3n) is 10.8. The molecule has 9 heteroatoms. The van der Waals surface area contributed by atoms with Crippen molar-refractivity contribution < 1.29 is 37.3 Å². The lowest BCUT2D eigenvalue weighted by molar-refractivity contribution is -0.870. The Morgan fingerprint density at radius 1 is 0.534 bits per heavy atom. The number of likely N-dealkylation sites (N-methyl/N-ethyl adjacent to an activating group) is 1. The molecule has 0 aliphatic rings. The van der Waals surface area contributed by atoms with Crippen LogP contribution in [-0.4, -0.2) is 70.7 Å². The van der Waals surface area contributed by atoms with Crippen LogP contribution in [0.2, 0.25) is 0 Å². The Morgan fingerprint density at radius 2 is 0.948 bits per heavy atom. The van der Waals surface area contributed by atoms with E-state index in [2.05, 4.69) is 38.2 Å². The number of phosphoric ester groups is 1. The zero-order chi connectivity index (χ0) is 42.7. The van der Waals surface area contributed by atoms with Crippen molar-refractivity contribution in [1.82, 2.24) is 0 Å². The molecule has 0 aromatic carbocycles. The van der Waals surface area contributed by atoms with Gasteiger partial charge in [-0.2, -0.15) is 0 Å². The first kappa shape index (κ1) is 57.0. The molecule has 0 rings (SSSR count). The van der Waals surface area contributed by atoms with Crippen molar-refractivity contribution in [2.75, 3.05) is 54.1 Å². The van der Waals surface area contributed by atoms with Crippen LogP contribution in [0, 0.1) is 0 Å². The second-order valence-electron chi connectivity index (χ2n) is 17.8. The first-order valence-corrected chi connectivity index (χ1v) is 26.0. The molecule has 0 fully saturated rings. The van der Waals surface area contributed by atoms with Crippen molar-refractivity contribution in [3.05, 3.63) is 24.3 Å². The van der Waals surface area contributed by atoms with E-state index in [4.69, 9.17) is 18.5 Å². The number of hydrogen-bond donors (Lipinski definition) is 0. The average Bonchev–Trinajstić information content (AvgIpc) is 3.18. The minimum absolute atomic E-state index is 0.0286. The van der Waals surface area contributed by atoms with Crippen LogP contribution in [0.4, 0.5) is 0 Å². The van der Waals surface area contributed by atoms with E-state index < -0.39 is 13.9 Å². The Bertz CT molecular complexity index is 983. The molecule has 0 spiro atoms. The van der Waals surface area contributed by atoms with Crippen molar-refractivity contribution in [3.8, 4) is 0 Å². The zero-order valence-electron chi connectivity index (χ0n) is 39.0. The first-order valence-electron chi connectivity index (χ1n) is 24.6. The fourth-order valence-corrected chi connectivity index (χ4v) is 7.66. The lowest BCUT2D eigenvalue weighted by atomic mass is 10.0. The van der Waals surface area contributed by atoms with Gasteiger partial charge in [-0.1, -0.05) is 199 Å². The summed E-state index contributed by atoms with van der Waals surface area (Å²) in [6.45, 7) is 5.42. The normalized spacial score (nSPS) is 13.8. The summed E-state index contributed by atoms with van der Waals surface area (Å²) >= 11 is 0. The van der Waals surface area contributed by atoms with E-state index in [9.17, 15) is 14.3 Å². The largest absolute Gasteiger partial charge is 0.756 e. The van der Waals surface area contributed by atoms with Gasteiger partial charge in [0.2, 0.25) is 0 Å². The number of carbonyl (C=O) groups excluding carboxylic acids is 1. The molecule has 344 valence electrons. The van der Waals surface area contributed by atoms with Gasteiger partial charge >= 0.3 is 5.97 Å². The molecule has 0 saturated heterocycles. The van der Waals surface area contributed by atoms with Gasteiger partial charge in [-0.3, -0.25) is 9.36 Å². The van der Waals surface area contributed by atoms with Gasteiger partial charge < -0.3 is 27.9 Å². The maximum Gasteiger partial charge on any atom is 0.306 e.